The molecular formula is C17H16N2O2S. The molecule has 0 spiro atoms. The van der Waals surface area contributed by atoms with Gasteiger partial charge in [0.2, 0.25) is 0 Å². The minimum Gasteiger partial charge on any atom is -0.449 e. The lowest BCUT2D eigenvalue weighted by Gasteiger charge is -2.08. The van der Waals surface area contributed by atoms with Gasteiger partial charge in [-0.05, 0) is 50.1 Å². The monoisotopic (exact) mass is 312 g/mol. The van der Waals surface area contributed by atoms with Crippen LogP contribution >= 0.6 is 11.3 Å². The molecule has 2 heterocycles. The van der Waals surface area contributed by atoms with Crippen LogP contribution in [0.2, 0.25) is 0 Å². The maximum atomic E-state index is 12.3. The summed E-state index contributed by atoms with van der Waals surface area (Å²) in [7, 11) is 0. The highest BCUT2D eigenvalue weighted by molar-refractivity contribution is 7.09. The minimum atomic E-state index is -0.257. The van der Waals surface area contributed by atoms with Gasteiger partial charge in [0.25, 0.3) is 5.91 Å². The third-order valence-electron chi connectivity index (χ3n) is 3.55. The first-order valence-corrected chi connectivity index (χ1v) is 7.82. The van der Waals surface area contributed by atoms with E-state index in [1.54, 1.807) is 23.5 Å². The standard InChI is InChI=1S/C17H16N2O2S/c1-10-5-4-6-13(11(10)2)19-17(20)16-8-7-15(21-16)14-9-22-12(3)18-14/h4-9H,1-3H3,(H,19,20). The first kappa shape index (κ1) is 14.5. The van der Waals surface area contributed by atoms with Crippen LogP contribution in [0.15, 0.2) is 40.1 Å². The summed E-state index contributed by atoms with van der Waals surface area (Å²) >= 11 is 1.55. The third-order valence-corrected chi connectivity index (χ3v) is 4.33. The Labute approximate surface area is 132 Å². The summed E-state index contributed by atoms with van der Waals surface area (Å²) in [5.41, 5.74) is 3.74. The molecule has 2 aromatic heterocycles. The Morgan fingerprint density at radius 3 is 2.73 bits per heavy atom. The Morgan fingerprint density at radius 2 is 2.00 bits per heavy atom. The number of hydrogen-bond donors (Lipinski definition) is 1. The van der Waals surface area contributed by atoms with Gasteiger partial charge < -0.3 is 9.73 Å². The van der Waals surface area contributed by atoms with Crippen molar-refractivity contribution in [2.24, 2.45) is 0 Å². The molecule has 0 bridgehead atoms. The van der Waals surface area contributed by atoms with Crippen LogP contribution in [0, 0.1) is 20.8 Å². The Bertz CT molecular complexity index is 833. The molecule has 0 atom stereocenters. The van der Waals surface area contributed by atoms with Gasteiger partial charge in [-0.2, -0.15) is 0 Å². The maximum Gasteiger partial charge on any atom is 0.291 e. The van der Waals surface area contributed by atoms with E-state index >= 15 is 0 Å². The second-order valence-corrected chi connectivity index (χ2v) is 6.18. The molecule has 0 unspecified atom stereocenters. The zero-order valence-corrected chi connectivity index (χ0v) is 13.5. The number of rotatable bonds is 3. The smallest absolute Gasteiger partial charge is 0.291 e. The minimum absolute atomic E-state index is 0.257. The van der Waals surface area contributed by atoms with Crippen molar-refractivity contribution in [1.82, 2.24) is 4.98 Å². The Balaban J connectivity index is 1.81. The van der Waals surface area contributed by atoms with Gasteiger partial charge in [-0.15, -0.1) is 11.3 Å². The van der Waals surface area contributed by atoms with Crippen molar-refractivity contribution >= 4 is 22.9 Å². The molecule has 0 aliphatic rings. The van der Waals surface area contributed by atoms with E-state index in [2.05, 4.69) is 10.3 Å². The zero-order valence-electron chi connectivity index (χ0n) is 12.6. The van der Waals surface area contributed by atoms with E-state index < -0.39 is 0 Å². The average Bonchev–Trinajstić information content (AvgIpc) is 3.12. The molecule has 112 valence electrons. The molecule has 3 aromatic rings. The van der Waals surface area contributed by atoms with Gasteiger partial charge in [0.15, 0.2) is 11.5 Å². The topological polar surface area (TPSA) is 55.1 Å². The van der Waals surface area contributed by atoms with E-state index in [9.17, 15) is 4.79 Å². The van der Waals surface area contributed by atoms with Crippen LogP contribution in [0.1, 0.15) is 26.7 Å². The summed E-state index contributed by atoms with van der Waals surface area (Å²) in [6.45, 7) is 5.93. The first-order valence-electron chi connectivity index (χ1n) is 6.94. The summed E-state index contributed by atoms with van der Waals surface area (Å²) in [5.74, 6) is 0.629. The van der Waals surface area contributed by atoms with Crippen LogP contribution in [0.5, 0.6) is 0 Å². The number of aromatic nitrogens is 1. The van der Waals surface area contributed by atoms with Crippen molar-refractivity contribution in [2.75, 3.05) is 5.32 Å². The van der Waals surface area contributed by atoms with Crippen molar-refractivity contribution in [3.63, 3.8) is 0 Å². The normalized spacial score (nSPS) is 10.7. The fraction of sp³-hybridized carbons (Fsp3) is 0.176. The number of anilines is 1. The van der Waals surface area contributed by atoms with Gasteiger partial charge in [-0.25, -0.2) is 4.98 Å². The molecular weight excluding hydrogens is 296 g/mol. The average molecular weight is 312 g/mol. The largest absolute Gasteiger partial charge is 0.449 e. The molecule has 1 aromatic carbocycles. The molecule has 0 fully saturated rings. The van der Waals surface area contributed by atoms with Crippen molar-refractivity contribution in [2.45, 2.75) is 20.8 Å². The van der Waals surface area contributed by atoms with Crippen LogP contribution < -0.4 is 5.32 Å². The number of benzene rings is 1. The Hall–Kier alpha value is -2.40. The molecule has 0 saturated heterocycles. The van der Waals surface area contributed by atoms with Gasteiger partial charge >= 0.3 is 0 Å². The van der Waals surface area contributed by atoms with Crippen molar-refractivity contribution in [3.8, 4) is 11.5 Å². The Kier molecular flexibility index (Phi) is 3.81. The summed E-state index contributed by atoms with van der Waals surface area (Å²) in [6, 6.07) is 9.26. The summed E-state index contributed by atoms with van der Waals surface area (Å²) in [5, 5.41) is 5.77. The highest BCUT2D eigenvalue weighted by Crippen LogP contribution is 2.25. The summed E-state index contributed by atoms with van der Waals surface area (Å²) in [4.78, 5) is 16.7. The fourth-order valence-corrected chi connectivity index (χ4v) is 2.75. The highest BCUT2D eigenvalue weighted by Gasteiger charge is 2.15. The van der Waals surface area contributed by atoms with Gasteiger partial charge in [0.1, 0.15) is 5.69 Å². The predicted molar refractivity (Wildman–Crippen MR) is 88.4 cm³/mol. The molecule has 22 heavy (non-hydrogen) atoms. The van der Waals surface area contributed by atoms with E-state index in [1.807, 2.05) is 44.4 Å². The highest BCUT2D eigenvalue weighted by atomic mass is 32.1. The molecule has 0 aliphatic heterocycles. The zero-order chi connectivity index (χ0) is 15.7. The summed E-state index contributed by atoms with van der Waals surface area (Å²) < 4.78 is 5.62. The molecule has 0 aliphatic carbocycles. The number of hydrogen-bond acceptors (Lipinski definition) is 4. The first-order chi connectivity index (χ1) is 10.5. The van der Waals surface area contributed by atoms with Crippen molar-refractivity contribution in [1.29, 1.82) is 0 Å². The van der Waals surface area contributed by atoms with Crippen LogP contribution in [-0.4, -0.2) is 10.9 Å². The third kappa shape index (κ3) is 2.80. The number of thiazole rings is 1. The molecule has 3 rings (SSSR count). The van der Waals surface area contributed by atoms with Crippen LogP contribution in [0.3, 0.4) is 0 Å². The van der Waals surface area contributed by atoms with Gasteiger partial charge in [-0.3, -0.25) is 4.79 Å². The van der Waals surface area contributed by atoms with E-state index in [0.717, 1.165) is 27.5 Å². The second kappa shape index (κ2) is 5.77. The number of nitrogens with zero attached hydrogens (tertiary/aromatic N) is 1. The van der Waals surface area contributed by atoms with E-state index in [0.29, 0.717) is 5.76 Å². The lowest BCUT2D eigenvalue weighted by atomic mass is 10.1. The maximum absolute atomic E-state index is 12.3. The molecule has 1 N–H and O–H groups in total. The molecule has 0 saturated carbocycles. The van der Waals surface area contributed by atoms with Crippen molar-refractivity contribution in [3.05, 3.63) is 57.6 Å². The van der Waals surface area contributed by atoms with E-state index in [-0.39, 0.29) is 11.7 Å². The number of nitrogens with one attached hydrogen (secondary N) is 1. The quantitative estimate of drug-likeness (QED) is 0.770. The van der Waals surface area contributed by atoms with E-state index in [1.165, 1.54) is 0 Å². The van der Waals surface area contributed by atoms with Crippen LogP contribution in [-0.2, 0) is 0 Å². The van der Waals surface area contributed by atoms with Crippen LogP contribution in [0.4, 0.5) is 5.69 Å². The summed E-state index contributed by atoms with van der Waals surface area (Å²) in [6.07, 6.45) is 0. The number of amides is 1. The second-order valence-electron chi connectivity index (χ2n) is 5.12. The lowest BCUT2D eigenvalue weighted by Crippen LogP contribution is -2.12. The Morgan fingerprint density at radius 1 is 1.18 bits per heavy atom. The molecule has 0 radical (unpaired) electrons. The van der Waals surface area contributed by atoms with E-state index in [4.69, 9.17) is 4.42 Å². The lowest BCUT2D eigenvalue weighted by molar-refractivity contribution is 0.0997. The van der Waals surface area contributed by atoms with Gasteiger partial charge in [-0.1, -0.05) is 12.1 Å². The molecule has 4 nitrogen and oxygen atoms in total. The van der Waals surface area contributed by atoms with Crippen LogP contribution in [0.25, 0.3) is 11.5 Å². The fourth-order valence-electron chi connectivity index (χ4n) is 2.14. The number of carbonyl (C=O) groups is 1. The van der Waals surface area contributed by atoms with Crippen molar-refractivity contribution < 1.29 is 9.21 Å². The van der Waals surface area contributed by atoms with Gasteiger partial charge in [0, 0.05) is 11.1 Å². The van der Waals surface area contributed by atoms with Gasteiger partial charge in [0.05, 0.1) is 5.01 Å². The predicted octanol–water partition coefficient (Wildman–Crippen LogP) is 4.58. The number of aryl methyl sites for hydroxylation is 2. The SMILES string of the molecule is Cc1nc(-c2ccc(C(=O)Nc3cccc(C)c3C)o2)cs1. The molecule has 1 amide bonds. The molecule has 5 heteroatoms. The number of furan rings is 1. The number of carbonyl (C=O) groups excluding carboxylic acids is 1.